The standard InChI is InChI=1S/C28H19BrFNO3S/c29-24-14-19(10-13-25(24)34-17-18-8-11-22(30)12-9-18)15-26-27(32)31(28(33)35-26)16-21-6-3-5-20-4-1-2-7-23(20)21/h1-15H,16-17H2/b26-15+. The van der Waals surface area contributed by atoms with Crippen LogP contribution in [0.15, 0.2) is 94.3 Å². The lowest BCUT2D eigenvalue weighted by molar-refractivity contribution is -0.123. The van der Waals surface area contributed by atoms with Gasteiger partial charge in [-0.3, -0.25) is 14.5 Å². The molecule has 4 aromatic rings. The van der Waals surface area contributed by atoms with Crippen LogP contribution < -0.4 is 4.74 Å². The fourth-order valence-electron chi connectivity index (χ4n) is 3.85. The molecule has 174 valence electrons. The average molecular weight is 548 g/mol. The van der Waals surface area contributed by atoms with Crippen molar-refractivity contribution in [3.05, 3.63) is 117 Å². The Morgan fingerprint density at radius 2 is 1.71 bits per heavy atom. The lowest BCUT2D eigenvalue weighted by Crippen LogP contribution is -2.27. The third-order valence-electron chi connectivity index (χ3n) is 5.64. The maximum absolute atomic E-state index is 13.1. The SMILES string of the molecule is O=C1S/C(=C/c2ccc(OCc3ccc(F)cc3)c(Br)c2)C(=O)N1Cc1cccc2ccccc12. The van der Waals surface area contributed by atoms with E-state index in [1.165, 1.54) is 17.0 Å². The first kappa shape index (κ1) is 23.3. The molecule has 0 bridgehead atoms. The number of ether oxygens (including phenoxy) is 1. The monoisotopic (exact) mass is 547 g/mol. The van der Waals surface area contributed by atoms with Crippen LogP contribution in [0.5, 0.6) is 5.75 Å². The Balaban J connectivity index is 1.30. The lowest BCUT2D eigenvalue weighted by Gasteiger charge is -2.14. The highest BCUT2D eigenvalue weighted by molar-refractivity contribution is 9.10. The van der Waals surface area contributed by atoms with Crippen LogP contribution in [0.4, 0.5) is 9.18 Å². The van der Waals surface area contributed by atoms with E-state index in [1.54, 1.807) is 24.3 Å². The van der Waals surface area contributed by atoms with E-state index < -0.39 is 0 Å². The highest BCUT2D eigenvalue weighted by Crippen LogP contribution is 2.35. The molecule has 1 aliphatic rings. The van der Waals surface area contributed by atoms with Gasteiger partial charge in [0.1, 0.15) is 18.2 Å². The van der Waals surface area contributed by atoms with E-state index in [0.29, 0.717) is 21.7 Å². The number of fused-ring (bicyclic) bond motifs is 1. The number of amides is 2. The molecule has 1 aliphatic heterocycles. The minimum atomic E-state index is -0.305. The van der Waals surface area contributed by atoms with Crippen LogP contribution in [0, 0.1) is 5.82 Å². The Bertz CT molecular complexity index is 1460. The van der Waals surface area contributed by atoms with Gasteiger partial charge in [0.25, 0.3) is 11.1 Å². The van der Waals surface area contributed by atoms with Crippen molar-refractivity contribution in [3.63, 3.8) is 0 Å². The average Bonchev–Trinajstić information content (AvgIpc) is 3.12. The predicted molar refractivity (Wildman–Crippen MR) is 140 cm³/mol. The van der Waals surface area contributed by atoms with Gasteiger partial charge in [-0.1, -0.05) is 60.7 Å². The van der Waals surface area contributed by atoms with Gasteiger partial charge in [-0.25, -0.2) is 4.39 Å². The first-order valence-corrected chi connectivity index (χ1v) is 12.5. The third-order valence-corrected chi connectivity index (χ3v) is 7.17. The first-order valence-electron chi connectivity index (χ1n) is 10.9. The van der Waals surface area contributed by atoms with E-state index in [0.717, 1.165) is 39.2 Å². The van der Waals surface area contributed by atoms with Crippen molar-refractivity contribution in [2.75, 3.05) is 0 Å². The van der Waals surface area contributed by atoms with E-state index >= 15 is 0 Å². The fourth-order valence-corrected chi connectivity index (χ4v) is 5.20. The van der Waals surface area contributed by atoms with Gasteiger partial charge in [0.2, 0.25) is 0 Å². The summed E-state index contributed by atoms with van der Waals surface area (Å²) in [5.74, 6) is 0.0250. The number of rotatable bonds is 6. The Labute approximate surface area is 214 Å². The molecule has 4 nitrogen and oxygen atoms in total. The Kier molecular flexibility index (Phi) is 6.70. The second kappa shape index (κ2) is 10.1. The molecule has 1 saturated heterocycles. The van der Waals surface area contributed by atoms with Crippen LogP contribution in [-0.4, -0.2) is 16.0 Å². The van der Waals surface area contributed by atoms with Crippen molar-refractivity contribution >= 4 is 55.7 Å². The number of benzene rings is 4. The summed E-state index contributed by atoms with van der Waals surface area (Å²) in [5, 5.41) is 1.81. The molecular formula is C28H19BrFNO3S. The van der Waals surface area contributed by atoms with Crippen LogP contribution in [0.1, 0.15) is 16.7 Å². The topological polar surface area (TPSA) is 46.6 Å². The van der Waals surface area contributed by atoms with E-state index in [-0.39, 0.29) is 23.5 Å². The van der Waals surface area contributed by atoms with E-state index in [4.69, 9.17) is 4.74 Å². The molecule has 5 rings (SSSR count). The van der Waals surface area contributed by atoms with Crippen molar-refractivity contribution in [2.45, 2.75) is 13.2 Å². The highest BCUT2D eigenvalue weighted by atomic mass is 79.9. The Morgan fingerprint density at radius 1 is 0.943 bits per heavy atom. The summed E-state index contributed by atoms with van der Waals surface area (Å²) < 4.78 is 19.6. The minimum Gasteiger partial charge on any atom is -0.488 e. The molecule has 1 fully saturated rings. The van der Waals surface area contributed by atoms with E-state index in [9.17, 15) is 14.0 Å². The first-order chi connectivity index (χ1) is 17.0. The molecule has 4 aromatic carbocycles. The Morgan fingerprint density at radius 3 is 2.51 bits per heavy atom. The summed E-state index contributed by atoms with van der Waals surface area (Å²) in [7, 11) is 0. The number of imide groups is 1. The Hall–Kier alpha value is -3.42. The number of hydrogen-bond acceptors (Lipinski definition) is 4. The predicted octanol–water partition coefficient (Wildman–Crippen LogP) is 7.56. The van der Waals surface area contributed by atoms with Crippen LogP contribution in [0.2, 0.25) is 0 Å². The quantitative estimate of drug-likeness (QED) is 0.234. The number of halogens is 2. The molecule has 0 spiro atoms. The number of carbonyl (C=O) groups is 2. The van der Waals surface area contributed by atoms with Crippen LogP contribution in [0.25, 0.3) is 16.8 Å². The number of carbonyl (C=O) groups excluding carboxylic acids is 2. The summed E-state index contributed by atoms with van der Waals surface area (Å²) in [5.41, 5.74) is 2.54. The van der Waals surface area contributed by atoms with Crippen molar-refractivity contribution in [1.29, 1.82) is 0 Å². The number of thioether (sulfide) groups is 1. The van der Waals surface area contributed by atoms with Gasteiger partial charge < -0.3 is 4.74 Å². The zero-order valence-electron chi connectivity index (χ0n) is 18.4. The van der Waals surface area contributed by atoms with Crippen LogP contribution in [-0.2, 0) is 17.9 Å². The molecule has 2 amide bonds. The molecule has 0 unspecified atom stereocenters. The summed E-state index contributed by atoms with van der Waals surface area (Å²) in [4.78, 5) is 27.4. The summed E-state index contributed by atoms with van der Waals surface area (Å²) in [6.45, 7) is 0.522. The zero-order chi connectivity index (χ0) is 24.4. The molecule has 7 heteroatoms. The molecule has 35 heavy (non-hydrogen) atoms. The van der Waals surface area contributed by atoms with Gasteiger partial charge in [0.15, 0.2) is 0 Å². The summed E-state index contributed by atoms with van der Waals surface area (Å²) in [6.07, 6.45) is 1.71. The molecule has 0 aromatic heterocycles. The molecule has 0 N–H and O–H groups in total. The largest absolute Gasteiger partial charge is 0.488 e. The number of hydrogen-bond donors (Lipinski definition) is 0. The second-order valence-electron chi connectivity index (χ2n) is 8.01. The van der Waals surface area contributed by atoms with Crippen molar-refractivity contribution < 1.29 is 18.7 Å². The highest BCUT2D eigenvalue weighted by Gasteiger charge is 2.35. The fraction of sp³-hybridized carbons (Fsp3) is 0.0714. The van der Waals surface area contributed by atoms with Crippen LogP contribution in [0.3, 0.4) is 0 Å². The number of nitrogens with zero attached hydrogens (tertiary/aromatic N) is 1. The summed E-state index contributed by atoms with van der Waals surface area (Å²) in [6, 6.07) is 25.4. The zero-order valence-corrected chi connectivity index (χ0v) is 20.8. The lowest BCUT2D eigenvalue weighted by atomic mass is 10.0. The van der Waals surface area contributed by atoms with Gasteiger partial charge in [-0.2, -0.15) is 0 Å². The van der Waals surface area contributed by atoms with Gasteiger partial charge in [0.05, 0.1) is 15.9 Å². The second-order valence-corrected chi connectivity index (χ2v) is 9.86. The molecule has 0 aliphatic carbocycles. The van der Waals surface area contributed by atoms with Crippen molar-refractivity contribution in [3.8, 4) is 5.75 Å². The van der Waals surface area contributed by atoms with Gasteiger partial charge >= 0.3 is 0 Å². The maximum Gasteiger partial charge on any atom is 0.293 e. The van der Waals surface area contributed by atoms with E-state index in [1.807, 2.05) is 54.6 Å². The molecule has 1 heterocycles. The molecular weight excluding hydrogens is 529 g/mol. The normalized spacial score (nSPS) is 14.8. The van der Waals surface area contributed by atoms with Gasteiger partial charge in [-0.05, 0) is 85.5 Å². The van der Waals surface area contributed by atoms with Crippen molar-refractivity contribution in [1.82, 2.24) is 4.90 Å². The summed E-state index contributed by atoms with van der Waals surface area (Å²) >= 11 is 4.45. The van der Waals surface area contributed by atoms with Gasteiger partial charge in [0, 0.05) is 0 Å². The smallest absolute Gasteiger partial charge is 0.293 e. The third kappa shape index (κ3) is 5.16. The van der Waals surface area contributed by atoms with Crippen LogP contribution >= 0.6 is 27.7 Å². The molecule has 0 radical (unpaired) electrons. The maximum atomic E-state index is 13.1. The van der Waals surface area contributed by atoms with E-state index in [2.05, 4.69) is 15.9 Å². The van der Waals surface area contributed by atoms with Gasteiger partial charge in [-0.15, -0.1) is 0 Å². The van der Waals surface area contributed by atoms with Crippen molar-refractivity contribution in [2.24, 2.45) is 0 Å². The molecule has 0 atom stereocenters. The molecule has 0 saturated carbocycles. The minimum absolute atomic E-state index is 0.225.